The number of hydrogen-bond donors (Lipinski definition) is 0. The Hall–Kier alpha value is -1.37. The van der Waals surface area contributed by atoms with Gasteiger partial charge < -0.3 is 14.5 Å². The number of rotatable bonds is 1. The van der Waals surface area contributed by atoms with Gasteiger partial charge in [0.2, 0.25) is 5.13 Å². The van der Waals surface area contributed by atoms with Crippen LogP contribution in [0.1, 0.15) is 54.3 Å². The third-order valence-electron chi connectivity index (χ3n) is 3.61. The molecule has 1 aliphatic heterocycles. The van der Waals surface area contributed by atoms with Crippen LogP contribution in [-0.2, 0) is 10.2 Å². The average molecular weight is 340 g/mol. The first kappa shape index (κ1) is 18.0. The van der Waals surface area contributed by atoms with E-state index in [0.29, 0.717) is 6.54 Å². The third kappa shape index (κ3) is 4.56. The highest BCUT2D eigenvalue weighted by Crippen LogP contribution is 2.27. The summed E-state index contributed by atoms with van der Waals surface area (Å²) in [4.78, 5) is 20.9. The summed E-state index contributed by atoms with van der Waals surface area (Å²) >= 11 is 1.43. The second kappa shape index (κ2) is 6.26. The number of carbonyl (C=O) groups excluding carboxylic acids is 1. The minimum absolute atomic E-state index is 0.0430. The van der Waals surface area contributed by atoms with Crippen molar-refractivity contribution in [3.8, 4) is 0 Å². The van der Waals surface area contributed by atoms with E-state index in [1.807, 2.05) is 27.7 Å². The Balaban J connectivity index is 2.01. The van der Waals surface area contributed by atoms with E-state index in [-0.39, 0.29) is 17.6 Å². The number of ether oxygens (including phenoxy) is 1. The molecule has 0 bridgehead atoms. The van der Waals surface area contributed by atoms with Crippen LogP contribution in [0.3, 0.4) is 0 Å². The monoisotopic (exact) mass is 340 g/mol. The Morgan fingerprint density at radius 1 is 1.22 bits per heavy atom. The molecule has 0 aliphatic carbocycles. The van der Waals surface area contributed by atoms with E-state index in [1.54, 1.807) is 4.90 Å². The van der Waals surface area contributed by atoms with Crippen LogP contribution in [0.2, 0.25) is 0 Å². The van der Waals surface area contributed by atoms with Crippen LogP contribution >= 0.6 is 11.5 Å². The van der Waals surface area contributed by atoms with Crippen molar-refractivity contribution in [2.75, 3.05) is 24.5 Å². The van der Waals surface area contributed by atoms with E-state index in [4.69, 9.17) is 4.74 Å². The fraction of sp³-hybridized carbons (Fsp3) is 0.812. The fourth-order valence-electron chi connectivity index (χ4n) is 2.37. The van der Waals surface area contributed by atoms with E-state index in [2.05, 4.69) is 35.0 Å². The van der Waals surface area contributed by atoms with Crippen molar-refractivity contribution in [1.82, 2.24) is 14.3 Å². The summed E-state index contributed by atoms with van der Waals surface area (Å²) in [7, 11) is 0. The predicted molar refractivity (Wildman–Crippen MR) is 93.2 cm³/mol. The van der Waals surface area contributed by atoms with Crippen LogP contribution in [0.4, 0.5) is 9.93 Å². The van der Waals surface area contributed by atoms with Crippen molar-refractivity contribution in [2.45, 2.75) is 65.5 Å². The maximum Gasteiger partial charge on any atom is 0.410 e. The van der Waals surface area contributed by atoms with Gasteiger partial charge >= 0.3 is 6.09 Å². The molecule has 130 valence electrons. The number of hydrogen-bond acceptors (Lipinski definition) is 6. The summed E-state index contributed by atoms with van der Waals surface area (Å²) in [5.74, 6) is 0.875. The van der Waals surface area contributed by atoms with E-state index in [9.17, 15) is 4.79 Å². The van der Waals surface area contributed by atoms with Gasteiger partial charge in [-0.2, -0.15) is 4.37 Å². The standard InChI is InChI=1S/C16H28N4O2S/c1-11-10-19(13-17-12(18-23-13)15(2,3)4)8-9-20(11)14(21)22-16(5,6)7/h11H,8-10H2,1-7H3. The highest BCUT2D eigenvalue weighted by Gasteiger charge is 2.32. The zero-order valence-corrected chi connectivity index (χ0v) is 16.0. The molecule has 6 nitrogen and oxygen atoms in total. The number of aromatic nitrogens is 2. The summed E-state index contributed by atoms with van der Waals surface area (Å²) < 4.78 is 9.95. The Kier molecular flexibility index (Phi) is 4.89. The van der Waals surface area contributed by atoms with E-state index < -0.39 is 5.60 Å². The van der Waals surface area contributed by atoms with E-state index in [0.717, 1.165) is 24.0 Å². The zero-order chi connectivity index (χ0) is 17.4. The van der Waals surface area contributed by atoms with Crippen molar-refractivity contribution in [3.05, 3.63) is 5.82 Å². The molecule has 23 heavy (non-hydrogen) atoms. The van der Waals surface area contributed by atoms with Crippen LogP contribution in [0.5, 0.6) is 0 Å². The van der Waals surface area contributed by atoms with Crippen molar-refractivity contribution >= 4 is 22.8 Å². The molecule has 1 aliphatic rings. The molecule has 0 aromatic carbocycles. The number of nitrogens with zero attached hydrogens (tertiary/aromatic N) is 4. The molecule has 0 N–H and O–H groups in total. The number of piperazine rings is 1. The van der Waals surface area contributed by atoms with Gasteiger partial charge in [-0.1, -0.05) is 20.8 Å². The van der Waals surface area contributed by atoms with Crippen molar-refractivity contribution in [1.29, 1.82) is 0 Å². The summed E-state index contributed by atoms with van der Waals surface area (Å²) in [5, 5.41) is 0.936. The normalized spacial score (nSPS) is 19.9. The number of anilines is 1. The van der Waals surface area contributed by atoms with Crippen molar-refractivity contribution in [3.63, 3.8) is 0 Å². The Morgan fingerprint density at radius 2 is 1.87 bits per heavy atom. The maximum absolute atomic E-state index is 12.3. The Bertz CT molecular complexity index is 559. The van der Waals surface area contributed by atoms with Gasteiger partial charge in [-0.25, -0.2) is 9.78 Å². The van der Waals surface area contributed by atoms with Gasteiger partial charge in [0.05, 0.1) is 0 Å². The van der Waals surface area contributed by atoms with Crippen LogP contribution in [0.25, 0.3) is 0 Å². The molecule has 1 fully saturated rings. The summed E-state index contributed by atoms with van der Waals surface area (Å²) in [6, 6.07) is 0.0839. The molecule has 1 amide bonds. The van der Waals surface area contributed by atoms with Crippen LogP contribution in [0, 0.1) is 0 Å². The van der Waals surface area contributed by atoms with Crippen molar-refractivity contribution in [2.24, 2.45) is 0 Å². The molecule has 2 rings (SSSR count). The first-order valence-corrected chi connectivity index (χ1v) is 8.83. The fourth-order valence-corrected chi connectivity index (χ4v) is 3.26. The molecule has 7 heteroatoms. The molecular formula is C16H28N4O2S. The second-order valence-corrected chi connectivity index (χ2v) is 8.85. The predicted octanol–water partition coefficient (Wildman–Crippen LogP) is 3.28. The molecule has 2 heterocycles. The lowest BCUT2D eigenvalue weighted by Gasteiger charge is -2.40. The lowest BCUT2D eigenvalue weighted by atomic mass is 9.96. The van der Waals surface area contributed by atoms with Gasteiger partial charge in [0, 0.05) is 42.6 Å². The molecule has 1 aromatic rings. The third-order valence-corrected chi connectivity index (χ3v) is 4.39. The summed E-state index contributed by atoms with van der Waals surface area (Å²) in [6.07, 6.45) is -0.239. The molecule has 1 atom stereocenters. The molecule has 0 saturated carbocycles. The molecule has 0 radical (unpaired) electrons. The highest BCUT2D eigenvalue weighted by molar-refractivity contribution is 7.09. The summed E-state index contributed by atoms with van der Waals surface area (Å²) in [5.41, 5.74) is -0.506. The summed E-state index contributed by atoms with van der Waals surface area (Å²) in [6.45, 7) is 16.2. The average Bonchev–Trinajstić information content (AvgIpc) is 2.85. The van der Waals surface area contributed by atoms with Crippen LogP contribution in [-0.4, -0.2) is 51.6 Å². The Morgan fingerprint density at radius 3 is 2.35 bits per heavy atom. The van der Waals surface area contributed by atoms with Crippen LogP contribution in [0.15, 0.2) is 0 Å². The van der Waals surface area contributed by atoms with Gasteiger partial charge in [-0.05, 0) is 27.7 Å². The molecule has 0 spiro atoms. The minimum Gasteiger partial charge on any atom is -0.444 e. The lowest BCUT2D eigenvalue weighted by Crippen LogP contribution is -2.55. The SMILES string of the molecule is CC1CN(c2nc(C(C)(C)C)ns2)CCN1C(=O)OC(C)(C)C. The first-order chi connectivity index (χ1) is 10.5. The van der Waals surface area contributed by atoms with E-state index >= 15 is 0 Å². The zero-order valence-electron chi connectivity index (χ0n) is 15.2. The van der Waals surface area contributed by atoms with Gasteiger partial charge in [0.1, 0.15) is 11.4 Å². The van der Waals surface area contributed by atoms with Gasteiger partial charge in [-0.15, -0.1) is 0 Å². The lowest BCUT2D eigenvalue weighted by molar-refractivity contribution is 0.0159. The van der Waals surface area contributed by atoms with Crippen molar-refractivity contribution < 1.29 is 9.53 Å². The van der Waals surface area contributed by atoms with Gasteiger partial charge in [0.15, 0.2) is 0 Å². The number of amides is 1. The topological polar surface area (TPSA) is 58.6 Å². The maximum atomic E-state index is 12.3. The molecule has 1 aromatic heterocycles. The molecule has 1 unspecified atom stereocenters. The first-order valence-electron chi connectivity index (χ1n) is 8.06. The second-order valence-electron chi connectivity index (χ2n) is 8.12. The quantitative estimate of drug-likeness (QED) is 0.785. The van der Waals surface area contributed by atoms with E-state index in [1.165, 1.54) is 11.5 Å². The Labute approximate surface area is 143 Å². The molecular weight excluding hydrogens is 312 g/mol. The minimum atomic E-state index is -0.464. The van der Waals surface area contributed by atoms with Gasteiger partial charge in [-0.3, -0.25) is 0 Å². The van der Waals surface area contributed by atoms with Crippen LogP contribution < -0.4 is 4.90 Å². The highest BCUT2D eigenvalue weighted by atomic mass is 32.1. The smallest absolute Gasteiger partial charge is 0.410 e. The van der Waals surface area contributed by atoms with Gasteiger partial charge in [0.25, 0.3) is 0 Å². The largest absolute Gasteiger partial charge is 0.444 e. The molecule has 1 saturated heterocycles. The number of carbonyl (C=O) groups is 1.